The van der Waals surface area contributed by atoms with Crippen molar-refractivity contribution >= 4 is 36.2 Å². The second kappa shape index (κ2) is 12.5. The molecule has 3 amide bonds. The molecule has 3 rings (SSSR count). The van der Waals surface area contributed by atoms with Crippen LogP contribution in [0.15, 0.2) is 30.3 Å². The maximum atomic E-state index is 15.3. The average Bonchev–Trinajstić information content (AvgIpc) is 3.09. The molecule has 3 N–H and O–H groups in total. The second-order valence-electron chi connectivity index (χ2n) is 13.3. The first kappa shape index (κ1) is 34.9. The van der Waals surface area contributed by atoms with Gasteiger partial charge in [-0.05, 0) is 110 Å². The highest BCUT2D eigenvalue weighted by atomic mass is 19.1. The molecule has 240 valence electrons. The minimum atomic E-state index is -1.37. The molecule has 2 aromatic rings. The molecule has 44 heavy (non-hydrogen) atoms. The third-order valence-electron chi connectivity index (χ3n) is 7.56. The van der Waals surface area contributed by atoms with Gasteiger partial charge in [0, 0.05) is 0 Å². The van der Waals surface area contributed by atoms with E-state index in [2.05, 4.69) is 10.6 Å². The number of carbonyl (C=O) groups is 3. The van der Waals surface area contributed by atoms with Gasteiger partial charge in [0.2, 0.25) is 5.91 Å². The number of amides is 3. The number of nitrogens with one attached hydrogen (secondary N) is 2. The number of anilines is 1. The zero-order chi connectivity index (χ0) is 33.4. The van der Waals surface area contributed by atoms with Crippen LogP contribution in [0.1, 0.15) is 83.8 Å². The minimum absolute atomic E-state index is 0.0334. The molecule has 0 spiro atoms. The Balaban J connectivity index is 1.99. The van der Waals surface area contributed by atoms with Gasteiger partial charge in [0.15, 0.2) is 0 Å². The number of hydrogen-bond acceptors (Lipinski definition) is 7. The van der Waals surface area contributed by atoms with E-state index in [9.17, 15) is 19.5 Å². The lowest BCUT2D eigenvalue weighted by Crippen LogP contribution is -2.47. The fraction of sp³-hybridized carbons (Fsp3) is 0.516. The molecule has 2 aromatic carbocycles. The molecule has 0 radical (unpaired) electrons. The smallest absolute Gasteiger partial charge is 0.444 e. The summed E-state index contributed by atoms with van der Waals surface area (Å²) in [5, 5.41) is 15.1. The first-order valence-corrected chi connectivity index (χ1v) is 14.3. The van der Waals surface area contributed by atoms with Crippen molar-refractivity contribution in [3.63, 3.8) is 0 Å². The predicted molar refractivity (Wildman–Crippen MR) is 163 cm³/mol. The molecule has 13 heteroatoms. The highest BCUT2D eigenvalue weighted by molar-refractivity contribution is 6.62. The fourth-order valence-corrected chi connectivity index (χ4v) is 4.36. The molecule has 1 aliphatic heterocycles. The van der Waals surface area contributed by atoms with Gasteiger partial charge in [0.05, 0.1) is 34.7 Å². The molecule has 0 aromatic heterocycles. The van der Waals surface area contributed by atoms with Crippen LogP contribution in [0.4, 0.5) is 19.3 Å². The minimum Gasteiger partial charge on any atom is -0.444 e. The molecule has 0 atom stereocenters. The lowest BCUT2D eigenvalue weighted by atomic mass is 9.75. The highest BCUT2D eigenvalue weighted by Crippen LogP contribution is 2.37. The number of halogens is 2. The lowest BCUT2D eigenvalue weighted by molar-refractivity contribution is -0.120. The zero-order valence-corrected chi connectivity index (χ0v) is 27.0. The number of aliphatic hydroxyl groups is 1. The number of ether oxygens (including phenoxy) is 1. The van der Waals surface area contributed by atoms with Gasteiger partial charge in [-0.3, -0.25) is 14.5 Å². The van der Waals surface area contributed by atoms with Crippen LogP contribution < -0.4 is 21.0 Å². The highest BCUT2D eigenvalue weighted by Gasteiger charge is 2.52. The van der Waals surface area contributed by atoms with E-state index in [4.69, 9.17) is 14.0 Å². The fourth-order valence-electron chi connectivity index (χ4n) is 4.36. The van der Waals surface area contributed by atoms with E-state index in [1.54, 1.807) is 27.7 Å². The van der Waals surface area contributed by atoms with Gasteiger partial charge in [-0.15, -0.1) is 0 Å². The predicted octanol–water partition coefficient (Wildman–Crippen LogP) is 4.05. The van der Waals surface area contributed by atoms with Crippen LogP contribution in [0.3, 0.4) is 0 Å². The van der Waals surface area contributed by atoms with Crippen LogP contribution >= 0.6 is 0 Å². The molecular weight excluding hydrogens is 575 g/mol. The number of rotatable bonds is 8. The summed E-state index contributed by atoms with van der Waals surface area (Å²) in [6.45, 7) is 16.0. The van der Waals surface area contributed by atoms with Gasteiger partial charge in [-0.25, -0.2) is 13.6 Å². The average molecular weight is 617 g/mol. The molecule has 0 unspecified atom stereocenters. The summed E-state index contributed by atoms with van der Waals surface area (Å²) in [6.07, 6.45) is -0.817. The molecule has 1 saturated heterocycles. The third-order valence-corrected chi connectivity index (χ3v) is 7.56. The van der Waals surface area contributed by atoms with Crippen molar-refractivity contribution in [2.24, 2.45) is 0 Å². The van der Waals surface area contributed by atoms with E-state index in [-0.39, 0.29) is 16.8 Å². The Hall–Kier alpha value is -3.55. The van der Waals surface area contributed by atoms with Crippen molar-refractivity contribution in [2.45, 2.75) is 91.6 Å². The standard InChI is InChI=1S/C31H42BF2N3O7/c1-18-22(32-43-30(7,8)31(9,10)44-32)14-20(33)15-24(18)37(17-36-25(38)16-35-27(40)42-28(2,3)4)26(39)21-12-11-19(13-23(21)34)29(5,6)41/h11-15,41H,16-17H2,1-10H3,(H,35,40)(H,36,38). The zero-order valence-electron chi connectivity index (χ0n) is 27.0. The lowest BCUT2D eigenvalue weighted by Gasteiger charge is -2.32. The van der Waals surface area contributed by atoms with Crippen LogP contribution in [0.25, 0.3) is 0 Å². The first-order chi connectivity index (χ1) is 20.0. The number of carbonyl (C=O) groups excluding carboxylic acids is 3. The number of alkyl carbamates (subject to hydrolysis) is 1. The maximum Gasteiger partial charge on any atom is 0.495 e. The normalized spacial score (nSPS) is 16.0. The van der Waals surface area contributed by atoms with E-state index in [0.29, 0.717) is 11.0 Å². The van der Waals surface area contributed by atoms with Gasteiger partial charge >= 0.3 is 13.2 Å². The van der Waals surface area contributed by atoms with Gasteiger partial charge in [-0.2, -0.15) is 0 Å². The van der Waals surface area contributed by atoms with Gasteiger partial charge in [-0.1, -0.05) is 6.07 Å². The Bertz CT molecular complexity index is 1420. The third kappa shape index (κ3) is 8.13. The molecule has 1 fully saturated rings. The summed E-state index contributed by atoms with van der Waals surface area (Å²) < 4.78 is 47.8. The molecule has 0 saturated carbocycles. The summed E-state index contributed by atoms with van der Waals surface area (Å²) in [7, 11) is -0.971. The van der Waals surface area contributed by atoms with Crippen molar-refractivity contribution < 1.29 is 42.3 Å². The maximum absolute atomic E-state index is 15.3. The second-order valence-corrected chi connectivity index (χ2v) is 13.3. The van der Waals surface area contributed by atoms with Gasteiger partial charge < -0.3 is 29.8 Å². The molecule has 1 heterocycles. The van der Waals surface area contributed by atoms with E-state index in [0.717, 1.165) is 17.0 Å². The van der Waals surface area contributed by atoms with Crippen LogP contribution in [0, 0.1) is 18.6 Å². The monoisotopic (exact) mass is 617 g/mol. The summed E-state index contributed by atoms with van der Waals surface area (Å²) >= 11 is 0. The number of hydrogen-bond donors (Lipinski definition) is 3. The van der Waals surface area contributed by atoms with Crippen molar-refractivity contribution in [3.8, 4) is 0 Å². The Morgan fingerprint density at radius 1 is 0.977 bits per heavy atom. The molecule has 0 bridgehead atoms. The van der Waals surface area contributed by atoms with Crippen molar-refractivity contribution in [3.05, 3.63) is 58.7 Å². The van der Waals surface area contributed by atoms with E-state index in [1.165, 1.54) is 32.0 Å². The Morgan fingerprint density at radius 2 is 1.57 bits per heavy atom. The summed E-state index contributed by atoms with van der Waals surface area (Å²) in [5.74, 6) is -3.22. The first-order valence-electron chi connectivity index (χ1n) is 14.3. The Kier molecular flexibility index (Phi) is 9.89. The molecule has 0 aliphatic carbocycles. The molecule has 10 nitrogen and oxygen atoms in total. The summed E-state index contributed by atoms with van der Waals surface area (Å²) in [4.78, 5) is 39.5. The topological polar surface area (TPSA) is 126 Å². The number of benzene rings is 2. The van der Waals surface area contributed by atoms with Gasteiger partial charge in [0.25, 0.3) is 5.91 Å². The number of nitrogens with zero attached hydrogens (tertiary/aromatic N) is 1. The van der Waals surface area contributed by atoms with E-state index in [1.807, 2.05) is 27.7 Å². The Labute approximate surface area is 257 Å². The quantitative estimate of drug-likeness (QED) is 0.302. The van der Waals surface area contributed by atoms with Gasteiger partial charge in [0.1, 0.15) is 23.8 Å². The molecular formula is C31H42BF2N3O7. The SMILES string of the molecule is Cc1c(B2OC(C)(C)C(C)(C)O2)cc(F)cc1N(CNC(=O)CNC(=O)OC(C)(C)C)C(=O)c1ccc(C(C)(C)O)cc1F. The van der Waals surface area contributed by atoms with Crippen LogP contribution in [-0.2, 0) is 24.4 Å². The van der Waals surface area contributed by atoms with E-state index < -0.39 is 72.3 Å². The molecule has 1 aliphatic rings. The van der Waals surface area contributed by atoms with Crippen LogP contribution in [0.5, 0.6) is 0 Å². The van der Waals surface area contributed by atoms with Crippen molar-refractivity contribution in [2.75, 3.05) is 18.1 Å². The van der Waals surface area contributed by atoms with Crippen LogP contribution in [0.2, 0.25) is 0 Å². The van der Waals surface area contributed by atoms with E-state index >= 15 is 8.78 Å². The van der Waals surface area contributed by atoms with Crippen molar-refractivity contribution in [1.29, 1.82) is 0 Å². The summed E-state index contributed by atoms with van der Waals surface area (Å²) in [5.41, 5.74) is -3.00. The Morgan fingerprint density at radius 3 is 2.09 bits per heavy atom. The largest absolute Gasteiger partial charge is 0.495 e. The van der Waals surface area contributed by atoms with Crippen molar-refractivity contribution in [1.82, 2.24) is 10.6 Å². The van der Waals surface area contributed by atoms with Crippen LogP contribution in [-0.4, -0.2) is 60.1 Å². The summed E-state index contributed by atoms with van der Waals surface area (Å²) in [6, 6.07) is 6.00.